The Kier molecular flexibility index (Phi) is 5.13. The third kappa shape index (κ3) is 3.22. The molecule has 4 heterocycles. The molecule has 0 aliphatic carbocycles. The van der Waals surface area contributed by atoms with Crippen molar-refractivity contribution in [1.29, 1.82) is 0 Å². The maximum absolute atomic E-state index is 9.64. The maximum Gasteiger partial charge on any atom is 0.148 e. The van der Waals surface area contributed by atoms with Crippen LogP contribution < -0.4 is 11.5 Å². The van der Waals surface area contributed by atoms with Crippen molar-refractivity contribution in [2.75, 3.05) is 20.3 Å². The van der Waals surface area contributed by atoms with Crippen LogP contribution in [0.5, 0.6) is 0 Å². The van der Waals surface area contributed by atoms with Gasteiger partial charge in [0.25, 0.3) is 0 Å². The summed E-state index contributed by atoms with van der Waals surface area (Å²) in [5.74, 6) is 0. The quantitative estimate of drug-likeness (QED) is 0.571. The fraction of sp³-hybridized carbons (Fsp3) is 0.889. The maximum atomic E-state index is 9.64. The first-order valence-electron chi connectivity index (χ1n) is 9.50. The summed E-state index contributed by atoms with van der Waals surface area (Å²) in [4.78, 5) is 0. The molecule has 3 fully saturated rings. The van der Waals surface area contributed by atoms with Crippen molar-refractivity contribution in [3.63, 3.8) is 0 Å². The molecular formula is C18H30N2O6. The predicted molar refractivity (Wildman–Crippen MR) is 92.1 cm³/mol. The molecule has 0 bridgehead atoms. The smallest absolute Gasteiger partial charge is 0.148 e. The lowest BCUT2D eigenvalue weighted by molar-refractivity contribution is -0.317. The Morgan fingerprint density at radius 2 is 2.00 bits per heavy atom. The molecule has 8 nitrogen and oxygen atoms in total. The molecule has 4 rings (SSSR count). The second-order valence-corrected chi connectivity index (χ2v) is 7.84. The first-order valence-corrected chi connectivity index (χ1v) is 9.50. The summed E-state index contributed by atoms with van der Waals surface area (Å²) >= 11 is 0. The van der Waals surface area contributed by atoms with Gasteiger partial charge in [-0.15, -0.1) is 0 Å². The summed E-state index contributed by atoms with van der Waals surface area (Å²) in [6.45, 7) is 0.480. The zero-order valence-corrected chi connectivity index (χ0v) is 15.2. The Morgan fingerprint density at radius 3 is 2.77 bits per heavy atom. The first-order chi connectivity index (χ1) is 12.5. The molecule has 0 radical (unpaired) electrons. The normalized spacial score (nSPS) is 51.5. The van der Waals surface area contributed by atoms with Crippen LogP contribution in [0.1, 0.15) is 32.1 Å². The van der Waals surface area contributed by atoms with Crippen molar-refractivity contribution >= 4 is 0 Å². The molecule has 8 unspecified atom stereocenters. The van der Waals surface area contributed by atoms with Gasteiger partial charge in [0.2, 0.25) is 0 Å². The SMILES string of the molecule is COC1C=CC2OC3(N)CC4(N)OCCCCC4OC3CC2OC1CO. The molecule has 0 spiro atoms. The van der Waals surface area contributed by atoms with E-state index in [9.17, 15) is 5.11 Å². The highest BCUT2D eigenvalue weighted by molar-refractivity contribution is 5.11. The Balaban J connectivity index is 1.57. The molecule has 0 amide bonds. The van der Waals surface area contributed by atoms with Crippen molar-refractivity contribution in [2.45, 2.75) is 80.2 Å². The van der Waals surface area contributed by atoms with Crippen molar-refractivity contribution < 1.29 is 28.8 Å². The van der Waals surface area contributed by atoms with E-state index in [0.717, 1.165) is 19.3 Å². The molecule has 0 aromatic carbocycles. The molecule has 8 heteroatoms. The molecule has 0 saturated carbocycles. The molecule has 4 aliphatic rings. The van der Waals surface area contributed by atoms with E-state index in [1.54, 1.807) is 7.11 Å². The van der Waals surface area contributed by atoms with Gasteiger partial charge in [-0.3, -0.25) is 0 Å². The summed E-state index contributed by atoms with van der Waals surface area (Å²) in [7, 11) is 1.59. The molecule has 0 aromatic heterocycles. The van der Waals surface area contributed by atoms with Gasteiger partial charge in [0, 0.05) is 26.6 Å². The third-order valence-electron chi connectivity index (χ3n) is 6.03. The average Bonchev–Trinajstić information content (AvgIpc) is 2.89. The summed E-state index contributed by atoms with van der Waals surface area (Å²) in [5, 5.41) is 9.64. The number of hydrogen-bond acceptors (Lipinski definition) is 8. The number of aliphatic hydroxyl groups excluding tert-OH is 1. The van der Waals surface area contributed by atoms with E-state index in [0.29, 0.717) is 19.4 Å². The Hall–Kier alpha value is -0.580. The Morgan fingerprint density at radius 1 is 1.15 bits per heavy atom. The molecule has 4 aliphatic heterocycles. The lowest BCUT2D eigenvalue weighted by Gasteiger charge is -2.55. The second-order valence-electron chi connectivity index (χ2n) is 7.84. The minimum absolute atomic E-state index is 0.131. The van der Waals surface area contributed by atoms with Crippen LogP contribution in [0.4, 0.5) is 0 Å². The molecule has 26 heavy (non-hydrogen) atoms. The number of fused-ring (bicyclic) bond motifs is 3. The van der Waals surface area contributed by atoms with Gasteiger partial charge in [-0.05, 0) is 19.3 Å². The topological polar surface area (TPSA) is 118 Å². The number of methoxy groups -OCH3 is 1. The van der Waals surface area contributed by atoms with Crippen molar-refractivity contribution in [3.8, 4) is 0 Å². The number of hydrogen-bond donors (Lipinski definition) is 3. The lowest BCUT2D eigenvalue weighted by atomic mass is 9.82. The minimum Gasteiger partial charge on any atom is -0.394 e. The van der Waals surface area contributed by atoms with E-state index < -0.39 is 17.6 Å². The van der Waals surface area contributed by atoms with Crippen LogP contribution in [0.25, 0.3) is 0 Å². The van der Waals surface area contributed by atoms with E-state index in [2.05, 4.69) is 0 Å². The molecule has 148 valence electrons. The summed E-state index contributed by atoms with van der Waals surface area (Å²) < 4.78 is 30.0. The Bertz CT molecular complexity index is 548. The van der Waals surface area contributed by atoms with Gasteiger partial charge in [-0.25, -0.2) is 0 Å². The molecule has 3 saturated heterocycles. The third-order valence-corrected chi connectivity index (χ3v) is 6.03. The molecule has 5 N–H and O–H groups in total. The predicted octanol–water partition coefficient (Wildman–Crippen LogP) is -0.226. The fourth-order valence-electron chi connectivity index (χ4n) is 4.60. The van der Waals surface area contributed by atoms with E-state index in [4.69, 9.17) is 35.2 Å². The van der Waals surface area contributed by atoms with E-state index >= 15 is 0 Å². The monoisotopic (exact) mass is 370 g/mol. The number of aliphatic hydroxyl groups is 1. The fourth-order valence-corrected chi connectivity index (χ4v) is 4.60. The van der Waals surface area contributed by atoms with Crippen LogP contribution in [0.2, 0.25) is 0 Å². The summed E-state index contributed by atoms with van der Waals surface area (Å²) in [6, 6.07) is 0. The van der Waals surface area contributed by atoms with E-state index in [1.165, 1.54) is 0 Å². The zero-order valence-electron chi connectivity index (χ0n) is 15.2. The number of nitrogens with two attached hydrogens (primary N) is 2. The highest BCUT2D eigenvalue weighted by Gasteiger charge is 2.59. The van der Waals surface area contributed by atoms with Crippen LogP contribution in [0.15, 0.2) is 12.2 Å². The molecule has 0 aromatic rings. The molecular weight excluding hydrogens is 340 g/mol. The second kappa shape index (κ2) is 7.10. The van der Waals surface area contributed by atoms with Crippen LogP contribution in [-0.2, 0) is 23.7 Å². The van der Waals surface area contributed by atoms with Gasteiger partial charge in [0.05, 0.1) is 12.7 Å². The standard InChI is InChI=1S/C18H30N2O6/c1-22-11-5-6-12-13(24-14(11)9-21)8-16-18(20,26-12)10-17(19)15(25-16)4-2-3-7-23-17/h5-6,11-16,21H,2-4,7-10,19-20H2,1H3. The van der Waals surface area contributed by atoms with Crippen molar-refractivity contribution in [1.82, 2.24) is 0 Å². The van der Waals surface area contributed by atoms with Gasteiger partial charge < -0.3 is 40.3 Å². The van der Waals surface area contributed by atoms with E-state index in [1.807, 2.05) is 12.2 Å². The van der Waals surface area contributed by atoms with Crippen LogP contribution >= 0.6 is 0 Å². The van der Waals surface area contributed by atoms with Gasteiger partial charge in [-0.1, -0.05) is 12.2 Å². The minimum atomic E-state index is -1.04. The number of rotatable bonds is 2. The average molecular weight is 370 g/mol. The first kappa shape index (κ1) is 18.8. The summed E-state index contributed by atoms with van der Waals surface area (Å²) in [5.41, 5.74) is 11.2. The summed E-state index contributed by atoms with van der Waals surface area (Å²) in [6.07, 6.45) is 5.63. The van der Waals surface area contributed by atoms with Crippen LogP contribution in [0, 0.1) is 0 Å². The largest absolute Gasteiger partial charge is 0.394 e. The van der Waals surface area contributed by atoms with Crippen LogP contribution in [-0.4, -0.2) is 73.5 Å². The van der Waals surface area contributed by atoms with Gasteiger partial charge in [-0.2, -0.15) is 0 Å². The van der Waals surface area contributed by atoms with Gasteiger partial charge in [0.15, 0.2) is 0 Å². The highest BCUT2D eigenvalue weighted by Crippen LogP contribution is 2.44. The van der Waals surface area contributed by atoms with Crippen LogP contribution in [0.3, 0.4) is 0 Å². The lowest BCUT2D eigenvalue weighted by Crippen LogP contribution is -2.74. The van der Waals surface area contributed by atoms with Gasteiger partial charge in [0.1, 0.15) is 42.0 Å². The zero-order chi connectivity index (χ0) is 18.4. The van der Waals surface area contributed by atoms with Crippen molar-refractivity contribution in [3.05, 3.63) is 12.2 Å². The number of ether oxygens (including phenoxy) is 5. The van der Waals surface area contributed by atoms with Gasteiger partial charge >= 0.3 is 0 Å². The highest BCUT2D eigenvalue weighted by atomic mass is 16.6. The van der Waals surface area contributed by atoms with E-state index in [-0.39, 0.29) is 37.1 Å². The Labute approximate surface area is 153 Å². The molecule has 8 atom stereocenters. The van der Waals surface area contributed by atoms with Crippen molar-refractivity contribution in [2.24, 2.45) is 11.5 Å².